The molecule has 0 atom stereocenters. The lowest BCUT2D eigenvalue weighted by Gasteiger charge is -2.18. The second-order valence-corrected chi connectivity index (χ2v) is 5.17. The minimum atomic E-state index is -1.19. The summed E-state index contributed by atoms with van der Waals surface area (Å²) >= 11 is 0. The number of rotatable bonds is 5. The van der Waals surface area contributed by atoms with E-state index in [1.165, 1.54) is 24.1 Å². The van der Waals surface area contributed by atoms with Gasteiger partial charge in [0.25, 0.3) is 5.91 Å². The Bertz CT molecular complexity index is 774. The van der Waals surface area contributed by atoms with Crippen LogP contribution in [0.3, 0.4) is 0 Å². The molecule has 9 heteroatoms. The van der Waals surface area contributed by atoms with Gasteiger partial charge in [0.05, 0.1) is 0 Å². The van der Waals surface area contributed by atoms with Crippen molar-refractivity contribution >= 4 is 31.8 Å². The minimum absolute atomic E-state index is 0.00525. The second-order valence-electron chi connectivity index (χ2n) is 5.17. The van der Waals surface area contributed by atoms with Crippen LogP contribution in [0.2, 0.25) is 0 Å². The number of carbonyl (C=O) groups excluding carboxylic acids is 1. The average molecular weight is 333 g/mol. The maximum Gasteiger partial charge on any atom is 0.329 e. The highest BCUT2D eigenvalue weighted by Crippen LogP contribution is 2.12. The first-order valence-electron chi connectivity index (χ1n) is 6.84. The van der Waals surface area contributed by atoms with E-state index in [2.05, 4.69) is 0 Å². The van der Waals surface area contributed by atoms with Crippen molar-refractivity contribution in [3.63, 3.8) is 0 Å². The van der Waals surface area contributed by atoms with Crippen molar-refractivity contribution in [3.8, 4) is 0 Å². The van der Waals surface area contributed by atoms with Crippen LogP contribution in [0.25, 0.3) is 0 Å². The molecule has 0 fully saturated rings. The van der Waals surface area contributed by atoms with Gasteiger partial charge in [0.1, 0.15) is 5.82 Å². The Hall–Kier alpha value is -2.25. The van der Waals surface area contributed by atoms with E-state index in [0.717, 1.165) is 18.2 Å². The van der Waals surface area contributed by atoms with Crippen LogP contribution in [0.1, 0.15) is 15.9 Å². The molecule has 0 unspecified atom stereocenters. The van der Waals surface area contributed by atoms with Gasteiger partial charge in [-0.05, 0) is 29.2 Å². The van der Waals surface area contributed by atoms with E-state index in [4.69, 9.17) is 10.0 Å². The van der Waals surface area contributed by atoms with Crippen molar-refractivity contribution in [1.29, 1.82) is 0 Å². The van der Waals surface area contributed by atoms with E-state index in [1.54, 1.807) is 0 Å². The molecule has 4 nitrogen and oxygen atoms in total. The average Bonchev–Trinajstić information content (AvgIpc) is 2.56. The predicted molar refractivity (Wildman–Crippen MR) is 83.8 cm³/mol. The fraction of sp³-hybridized carbons (Fsp3) is 0.133. The van der Waals surface area contributed by atoms with E-state index < -0.39 is 23.4 Å². The van der Waals surface area contributed by atoms with Crippen molar-refractivity contribution in [2.24, 2.45) is 0 Å². The quantitative estimate of drug-likeness (QED) is 0.749. The van der Waals surface area contributed by atoms with Crippen molar-refractivity contribution in [2.75, 3.05) is 7.05 Å². The monoisotopic (exact) mass is 333 g/mol. The first kappa shape index (κ1) is 18.1. The molecule has 1 amide bonds. The number of amides is 1. The van der Waals surface area contributed by atoms with Crippen LogP contribution in [0.15, 0.2) is 30.3 Å². The van der Waals surface area contributed by atoms with Gasteiger partial charge in [-0.1, -0.05) is 17.6 Å². The number of hydrogen-bond donors (Lipinski definition) is 2. The van der Waals surface area contributed by atoms with E-state index >= 15 is 0 Å². The van der Waals surface area contributed by atoms with E-state index in [-0.39, 0.29) is 28.6 Å². The molecule has 2 N–H and O–H groups in total. The maximum absolute atomic E-state index is 13.5. The lowest BCUT2D eigenvalue weighted by Crippen LogP contribution is -2.29. The number of hydrogen-bond acceptors (Lipinski definition) is 3. The van der Waals surface area contributed by atoms with Crippen molar-refractivity contribution in [1.82, 2.24) is 4.90 Å². The summed E-state index contributed by atoms with van der Waals surface area (Å²) in [6, 6.07) is 5.45. The molecule has 0 spiro atoms. The summed E-state index contributed by atoms with van der Waals surface area (Å²) in [5.41, 5.74) is 0.0234. The Morgan fingerprint density at radius 1 is 1.08 bits per heavy atom. The molecule has 2 rings (SSSR count). The summed E-state index contributed by atoms with van der Waals surface area (Å²) in [5, 5.41) is 17.8. The molecular weight excluding hydrogens is 321 g/mol. The van der Waals surface area contributed by atoms with Crippen molar-refractivity contribution in [3.05, 3.63) is 58.9 Å². The van der Waals surface area contributed by atoms with Crippen molar-refractivity contribution < 1.29 is 28.0 Å². The van der Waals surface area contributed by atoms with Crippen LogP contribution in [0.5, 0.6) is 0 Å². The third-order valence-corrected chi connectivity index (χ3v) is 3.34. The number of carbonyl (C=O) groups is 1. The molecule has 2 radical (unpaired) electrons. The number of nitrogens with zero attached hydrogens (tertiary/aromatic N) is 1. The van der Waals surface area contributed by atoms with Crippen LogP contribution in [-0.2, 0) is 6.54 Å². The Balaban J connectivity index is 2.23. The first-order chi connectivity index (χ1) is 11.3. The van der Waals surface area contributed by atoms with Gasteiger partial charge in [-0.25, -0.2) is 13.2 Å². The largest absolute Gasteiger partial charge is 0.450 e. The zero-order chi connectivity index (χ0) is 17.9. The van der Waals surface area contributed by atoms with Gasteiger partial charge < -0.3 is 14.9 Å². The molecule has 24 heavy (non-hydrogen) atoms. The summed E-state index contributed by atoms with van der Waals surface area (Å²) in [6.07, 6.45) is 0. The Morgan fingerprint density at radius 3 is 2.42 bits per heavy atom. The standard InChI is InChI=1S/C15H12B2F3NO3/c1-21(7-8-2-12(17-24)14(20)13(19)3-8)15(22)9-4-10(16-23)6-11(18)5-9/h2-6,23-24H,7H2,1H3. The first-order valence-corrected chi connectivity index (χ1v) is 6.84. The van der Waals surface area contributed by atoms with E-state index in [9.17, 15) is 18.0 Å². The van der Waals surface area contributed by atoms with Gasteiger partial charge in [-0.2, -0.15) is 0 Å². The minimum Gasteiger partial charge on any atom is -0.450 e. The topological polar surface area (TPSA) is 60.8 Å². The Kier molecular flexibility index (Phi) is 5.69. The second kappa shape index (κ2) is 7.55. The van der Waals surface area contributed by atoms with Crippen LogP contribution >= 0.6 is 0 Å². The molecule has 0 bridgehead atoms. The highest BCUT2D eigenvalue weighted by Gasteiger charge is 2.17. The molecule has 0 saturated heterocycles. The fourth-order valence-electron chi connectivity index (χ4n) is 2.23. The molecule has 0 aromatic heterocycles. The highest BCUT2D eigenvalue weighted by molar-refractivity contribution is 6.46. The normalized spacial score (nSPS) is 10.4. The summed E-state index contributed by atoms with van der Waals surface area (Å²) in [7, 11) is 2.50. The van der Waals surface area contributed by atoms with Gasteiger partial charge in [0.15, 0.2) is 11.6 Å². The fourth-order valence-corrected chi connectivity index (χ4v) is 2.23. The molecule has 122 valence electrons. The van der Waals surface area contributed by atoms with Crippen LogP contribution in [0, 0.1) is 17.5 Å². The van der Waals surface area contributed by atoms with E-state index in [1.807, 2.05) is 0 Å². The zero-order valence-electron chi connectivity index (χ0n) is 12.6. The highest BCUT2D eigenvalue weighted by atomic mass is 19.2. The van der Waals surface area contributed by atoms with Crippen LogP contribution in [0.4, 0.5) is 13.2 Å². The number of benzene rings is 2. The van der Waals surface area contributed by atoms with Gasteiger partial charge >= 0.3 is 15.0 Å². The summed E-state index contributed by atoms with van der Waals surface area (Å²) in [6.45, 7) is -0.0917. The van der Waals surface area contributed by atoms with E-state index in [0.29, 0.717) is 15.0 Å². The molecule has 0 aliphatic carbocycles. The SMILES string of the molecule is CN(Cc1cc(F)c(F)c([B]O)c1)C(=O)c1cc(F)cc([B]O)c1. The van der Waals surface area contributed by atoms with Gasteiger partial charge in [-0.3, -0.25) is 4.79 Å². The van der Waals surface area contributed by atoms with Gasteiger partial charge in [0, 0.05) is 19.2 Å². The van der Waals surface area contributed by atoms with Gasteiger partial charge in [-0.15, -0.1) is 0 Å². The summed E-state index contributed by atoms with van der Waals surface area (Å²) in [5.74, 6) is -3.61. The molecule has 0 aliphatic heterocycles. The maximum atomic E-state index is 13.5. The third-order valence-electron chi connectivity index (χ3n) is 3.34. The summed E-state index contributed by atoms with van der Waals surface area (Å²) in [4.78, 5) is 13.5. The third kappa shape index (κ3) is 3.98. The molecule has 0 saturated carbocycles. The lowest BCUT2D eigenvalue weighted by molar-refractivity contribution is 0.0784. The molecule has 2 aromatic rings. The zero-order valence-corrected chi connectivity index (χ0v) is 12.6. The molecule has 0 aliphatic rings. The lowest BCUT2D eigenvalue weighted by atomic mass is 9.86. The predicted octanol–water partition coefficient (Wildman–Crippen LogP) is -0.150. The van der Waals surface area contributed by atoms with Gasteiger partial charge in [0.2, 0.25) is 0 Å². The summed E-state index contributed by atoms with van der Waals surface area (Å²) < 4.78 is 40.3. The Labute approximate surface area is 138 Å². The van der Waals surface area contributed by atoms with Crippen molar-refractivity contribution in [2.45, 2.75) is 6.54 Å². The molecule has 2 aromatic carbocycles. The number of halogens is 3. The van der Waals surface area contributed by atoms with Crippen LogP contribution in [-0.4, -0.2) is 42.9 Å². The molecular formula is C15H12B2F3NO3. The van der Waals surface area contributed by atoms with Crippen LogP contribution < -0.4 is 10.9 Å². The Morgan fingerprint density at radius 2 is 1.79 bits per heavy atom. The smallest absolute Gasteiger partial charge is 0.329 e. The molecule has 0 heterocycles.